The third-order valence-electron chi connectivity index (χ3n) is 4.26. The summed E-state index contributed by atoms with van der Waals surface area (Å²) in [6.07, 6.45) is 7.38. The molecule has 1 heteroatoms. The van der Waals surface area contributed by atoms with Crippen molar-refractivity contribution in [3.05, 3.63) is 12.2 Å². The number of nitriles is 1. The summed E-state index contributed by atoms with van der Waals surface area (Å²) < 4.78 is 0. The van der Waals surface area contributed by atoms with E-state index in [1.165, 1.54) is 12.8 Å². The Bertz CT molecular complexity index is 277. The third kappa shape index (κ3) is 0.534. The predicted molar refractivity (Wildman–Crippen MR) is 46.1 cm³/mol. The van der Waals surface area contributed by atoms with Crippen LogP contribution < -0.4 is 0 Å². The minimum absolute atomic E-state index is 0.0370. The molecule has 0 saturated heterocycles. The molecule has 2 bridgehead atoms. The van der Waals surface area contributed by atoms with Crippen molar-refractivity contribution >= 4 is 0 Å². The highest BCUT2D eigenvalue weighted by molar-refractivity contribution is 5.31. The normalized spacial score (nSPS) is 59.3. The van der Waals surface area contributed by atoms with Gasteiger partial charge in [0.25, 0.3) is 0 Å². The molecule has 2 saturated carbocycles. The van der Waals surface area contributed by atoms with Crippen molar-refractivity contribution in [3.8, 4) is 6.07 Å². The van der Waals surface area contributed by atoms with E-state index in [-0.39, 0.29) is 5.41 Å². The van der Waals surface area contributed by atoms with Crippen LogP contribution in [-0.4, -0.2) is 0 Å². The maximum Gasteiger partial charge on any atom is 0.0693 e. The second kappa shape index (κ2) is 1.76. The summed E-state index contributed by atoms with van der Waals surface area (Å²) >= 11 is 0. The minimum atomic E-state index is 0.0370. The molecule has 0 aromatic heterocycles. The molecule has 0 spiro atoms. The zero-order chi connectivity index (χ0) is 8.34. The Morgan fingerprint density at radius 3 is 2.08 bits per heavy atom. The van der Waals surface area contributed by atoms with E-state index in [0.29, 0.717) is 11.8 Å². The Labute approximate surface area is 73.1 Å². The van der Waals surface area contributed by atoms with Crippen LogP contribution in [0.2, 0.25) is 0 Å². The van der Waals surface area contributed by atoms with Gasteiger partial charge in [0.1, 0.15) is 0 Å². The minimum Gasteiger partial charge on any atom is -0.198 e. The fourth-order valence-corrected chi connectivity index (χ4v) is 3.61. The van der Waals surface area contributed by atoms with Gasteiger partial charge in [-0.25, -0.2) is 0 Å². The number of allylic oxidation sites excluding steroid dienone is 2. The molecule has 12 heavy (non-hydrogen) atoms. The molecule has 4 rings (SSSR count). The molecule has 0 N–H and O–H groups in total. The van der Waals surface area contributed by atoms with Crippen LogP contribution in [0.3, 0.4) is 0 Å². The molecule has 1 unspecified atom stereocenters. The zero-order valence-electron chi connectivity index (χ0n) is 7.33. The summed E-state index contributed by atoms with van der Waals surface area (Å²) in [6.45, 7) is 2.15. The number of fused-ring (bicyclic) bond motifs is 1. The van der Waals surface area contributed by atoms with Crippen LogP contribution in [-0.2, 0) is 0 Å². The Hall–Kier alpha value is -0.770. The summed E-state index contributed by atoms with van der Waals surface area (Å²) in [5.41, 5.74) is 0.0370. The topological polar surface area (TPSA) is 23.8 Å². The quantitative estimate of drug-likeness (QED) is 0.498. The average Bonchev–Trinajstić information content (AvgIpc) is 2.79. The van der Waals surface area contributed by atoms with Crippen LogP contribution in [0.1, 0.15) is 19.8 Å². The van der Waals surface area contributed by atoms with Crippen molar-refractivity contribution in [2.24, 2.45) is 29.1 Å². The smallest absolute Gasteiger partial charge is 0.0693 e. The largest absolute Gasteiger partial charge is 0.198 e. The number of hydrogen-bond donors (Lipinski definition) is 0. The molecule has 0 heterocycles. The molecule has 0 aliphatic heterocycles. The van der Waals surface area contributed by atoms with Gasteiger partial charge in [-0.15, -0.1) is 0 Å². The molecule has 62 valence electrons. The van der Waals surface area contributed by atoms with Crippen LogP contribution in [0.15, 0.2) is 12.2 Å². The number of nitrogens with zero attached hydrogens (tertiary/aromatic N) is 1. The lowest BCUT2D eigenvalue weighted by molar-refractivity contribution is 0.309. The lowest BCUT2D eigenvalue weighted by Crippen LogP contribution is -2.19. The molecule has 4 aliphatic rings. The van der Waals surface area contributed by atoms with E-state index in [4.69, 9.17) is 5.26 Å². The summed E-state index contributed by atoms with van der Waals surface area (Å²) in [5, 5.41) is 9.08. The second-order valence-electron chi connectivity index (χ2n) is 4.74. The highest BCUT2D eigenvalue weighted by Gasteiger charge is 2.69. The molecule has 0 radical (unpaired) electrons. The summed E-state index contributed by atoms with van der Waals surface area (Å²) in [7, 11) is 0. The van der Waals surface area contributed by atoms with E-state index in [1.807, 2.05) is 0 Å². The lowest BCUT2D eigenvalue weighted by Gasteiger charge is -2.28. The molecule has 2 fully saturated rings. The van der Waals surface area contributed by atoms with Crippen LogP contribution in [0.25, 0.3) is 0 Å². The van der Waals surface area contributed by atoms with Crippen molar-refractivity contribution in [1.82, 2.24) is 0 Å². The Morgan fingerprint density at radius 2 is 1.75 bits per heavy atom. The van der Waals surface area contributed by atoms with E-state index in [0.717, 1.165) is 11.8 Å². The molecular weight excluding hydrogens is 146 g/mol. The average molecular weight is 159 g/mol. The van der Waals surface area contributed by atoms with E-state index in [2.05, 4.69) is 25.1 Å². The third-order valence-corrected chi connectivity index (χ3v) is 4.26. The first kappa shape index (κ1) is 6.71. The van der Waals surface area contributed by atoms with E-state index in [9.17, 15) is 0 Å². The lowest BCUT2D eigenvalue weighted by atomic mass is 9.76. The first-order valence-corrected chi connectivity index (χ1v) is 4.87. The van der Waals surface area contributed by atoms with Gasteiger partial charge in [-0.05, 0) is 43.4 Å². The number of rotatable bonds is 0. The summed E-state index contributed by atoms with van der Waals surface area (Å²) in [6, 6.07) is 2.52. The standard InChI is InChI=1S/C11H13N/c1-11(6-12)9-7-2-3-8(5-4-7)10(9)11/h2-3,7-10H,4-5H2,1H3/t7-,8+,9-,10+,11?. The van der Waals surface area contributed by atoms with E-state index < -0.39 is 0 Å². The van der Waals surface area contributed by atoms with Crippen molar-refractivity contribution < 1.29 is 0 Å². The van der Waals surface area contributed by atoms with Crippen LogP contribution in [0, 0.1) is 40.4 Å². The predicted octanol–water partition coefficient (Wildman–Crippen LogP) is 2.36. The molecule has 4 aliphatic carbocycles. The van der Waals surface area contributed by atoms with Crippen molar-refractivity contribution in [2.45, 2.75) is 19.8 Å². The first-order chi connectivity index (χ1) is 5.77. The maximum absolute atomic E-state index is 9.08. The van der Waals surface area contributed by atoms with Crippen molar-refractivity contribution in [2.75, 3.05) is 0 Å². The van der Waals surface area contributed by atoms with E-state index in [1.54, 1.807) is 0 Å². The van der Waals surface area contributed by atoms with Gasteiger partial charge in [0.2, 0.25) is 0 Å². The summed E-state index contributed by atoms with van der Waals surface area (Å²) in [5.74, 6) is 2.91. The molecule has 5 atom stereocenters. The summed E-state index contributed by atoms with van der Waals surface area (Å²) in [4.78, 5) is 0. The van der Waals surface area contributed by atoms with Gasteiger partial charge in [-0.3, -0.25) is 0 Å². The monoisotopic (exact) mass is 159 g/mol. The van der Waals surface area contributed by atoms with Gasteiger partial charge in [-0.1, -0.05) is 12.2 Å². The Balaban J connectivity index is 2.02. The first-order valence-electron chi connectivity index (χ1n) is 4.87. The SMILES string of the molecule is CC1(C#N)[C@@H]2[C@H]1[C@@H]1C=C[C@H]2CC1. The Kier molecular flexibility index (Phi) is 0.987. The van der Waals surface area contributed by atoms with E-state index >= 15 is 0 Å². The molecule has 0 amide bonds. The van der Waals surface area contributed by atoms with Gasteiger partial charge in [0, 0.05) is 0 Å². The van der Waals surface area contributed by atoms with Gasteiger partial charge < -0.3 is 0 Å². The maximum atomic E-state index is 9.08. The molecular formula is C11H13N. The molecule has 0 aromatic carbocycles. The van der Waals surface area contributed by atoms with Crippen LogP contribution in [0.4, 0.5) is 0 Å². The Morgan fingerprint density at radius 1 is 1.25 bits per heavy atom. The molecule has 1 nitrogen and oxygen atoms in total. The van der Waals surface area contributed by atoms with Gasteiger partial charge >= 0.3 is 0 Å². The van der Waals surface area contributed by atoms with Crippen LogP contribution in [0.5, 0.6) is 0 Å². The van der Waals surface area contributed by atoms with Gasteiger partial charge in [-0.2, -0.15) is 5.26 Å². The highest BCUT2D eigenvalue weighted by Crippen LogP contribution is 2.71. The zero-order valence-corrected chi connectivity index (χ0v) is 7.33. The number of hydrogen-bond acceptors (Lipinski definition) is 1. The van der Waals surface area contributed by atoms with Gasteiger partial charge in [0.05, 0.1) is 11.5 Å². The molecule has 0 aromatic rings. The van der Waals surface area contributed by atoms with Gasteiger partial charge in [0.15, 0.2) is 0 Å². The van der Waals surface area contributed by atoms with Crippen molar-refractivity contribution in [1.29, 1.82) is 5.26 Å². The fraction of sp³-hybridized carbons (Fsp3) is 0.727. The fourth-order valence-electron chi connectivity index (χ4n) is 3.61. The van der Waals surface area contributed by atoms with Crippen molar-refractivity contribution in [3.63, 3.8) is 0 Å². The second-order valence-corrected chi connectivity index (χ2v) is 4.74. The highest BCUT2D eigenvalue weighted by atomic mass is 14.7. The van der Waals surface area contributed by atoms with Crippen LogP contribution >= 0.6 is 0 Å².